The van der Waals surface area contributed by atoms with Crippen LogP contribution in [0.25, 0.3) is 0 Å². The van der Waals surface area contributed by atoms with Crippen molar-refractivity contribution in [3.63, 3.8) is 0 Å². The zero-order valence-electron chi connectivity index (χ0n) is 14.2. The lowest BCUT2D eigenvalue weighted by molar-refractivity contribution is 0.611. The minimum Gasteiger partial charge on any atom is -0.336 e. The van der Waals surface area contributed by atoms with Crippen molar-refractivity contribution in [1.82, 2.24) is 0 Å². The van der Waals surface area contributed by atoms with Crippen molar-refractivity contribution < 1.29 is 0 Å². The number of hydrogen-bond acceptors (Lipinski definition) is 3. The van der Waals surface area contributed by atoms with Crippen LogP contribution in [0.2, 0.25) is 5.02 Å². The molecule has 26 heavy (non-hydrogen) atoms. The van der Waals surface area contributed by atoms with Gasteiger partial charge < -0.3 is 14.7 Å². The normalized spacial score (nSPS) is 14.6. The molecule has 3 nitrogen and oxygen atoms in total. The summed E-state index contributed by atoms with van der Waals surface area (Å²) in [5.74, 6) is 0. The summed E-state index contributed by atoms with van der Waals surface area (Å²) in [7, 11) is 0. The van der Waals surface area contributed by atoms with Gasteiger partial charge in [-0.15, -0.1) is 0 Å². The van der Waals surface area contributed by atoms with Gasteiger partial charge in [0.15, 0.2) is 0 Å². The van der Waals surface area contributed by atoms with E-state index in [9.17, 15) is 0 Å². The van der Waals surface area contributed by atoms with E-state index in [1.165, 1.54) is 11.4 Å². The first kappa shape index (κ1) is 17.3. The third-order valence-corrected chi connectivity index (χ3v) is 5.16. The van der Waals surface area contributed by atoms with Gasteiger partial charge in [0.25, 0.3) is 0 Å². The van der Waals surface area contributed by atoms with Crippen molar-refractivity contribution in [3.05, 3.63) is 88.4 Å². The summed E-state index contributed by atoms with van der Waals surface area (Å²) in [4.78, 5) is 7.07. The molecule has 3 aromatic carbocycles. The zero-order valence-corrected chi connectivity index (χ0v) is 16.6. The number of hydrogen-bond donors (Lipinski definition) is 0. The van der Waals surface area contributed by atoms with Crippen molar-refractivity contribution in [3.8, 4) is 0 Å². The van der Waals surface area contributed by atoms with E-state index < -0.39 is 0 Å². The molecule has 0 aliphatic carbocycles. The third kappa shape index (κ3) is 3.81. The van der Waals surface area contributed by atoms with Gasteiger partial charge in [-0.3, -0.25) is 0 Å². The molecule has 0 atom stereocenters. The number of rotatable bonds is 3. The lowest BCUT2D eigenvalue weighted by Crippen LogP contribution is -2.55. The van der Waals surface area contributed by atoms with E-state index in [0.29, 0.717) is 0 Å². The Balaban J connectivity index is 1.69. The molecule has 0 spiro atoms. The van der Waals surface area contributed by atoms with Gasteiger partial charge in [-0.25, -0.2) is 0 Å². The predicted octanol–water partition coefficient (Wildman–Crippen LogP) is 5.81. The molecule has 1 saturated heterocycles. The first-order valence-corrected chi connectivity index (χ1v) is 9.67. The van der Waals surface area contributed by atoms with Crippen LogP contribution in [0.5, 0.6) is 0 Å². The Bertz CT molecular complexity index is 805. The van der Waals surface area contributed by atoms with E-state index in [1.54, 1.807) is 0 Å². The summed E-state index contributed by atoms with van der Waals surface area (Å²) in [5, 5.41) is 0.734. The number of nitrogens with zero attached hydrogens (tertiary/aromatic N) is 3. The summed E-state index contributed by atoms with van der Waals surface area (Å²) < 4.78 is 0.989. The van der Waals surface area contributed by atoms with Gasteiger partial charge in [-0.05, 0) is 42.5 Å². The molecule has 0 bridgehead atoms. The first-order valence-electron chi connectivity index (χ1n) is 8.50. The highest BCUT2D eigenvalue weighted by atomic mass is 79.9. The Hall–Kier alpha value is -2.17. The molecule has 1 aliphatic rings. The Kier molecular flexibility index (Phi) is 5.05. The third-order valence-electron chi connectivity index (χ3n) is 4.48. The van der Waals surface area contributed by atoms with Crippen LogP contribution in [-0.2, 0) is 0 Å². The van der Waals surface area contributed by atoms with Crippen LogP contribution in [0.15, 0.2) is 83.3 Å². The van der Waals surface area contributed by atoms with Gasteiger partial charge in [0, 0.05) is 26.6 Å². The molecule has 0 saturated carbocycles. The maximum atomic E-state index is 6.29. The van der Waals surface area contributed by atoms with Crippen molar-refractivity contribution in [2.45, 2.75) is 0 Å². The molecule has 0 unspecified atom stereocenters. The molecule has 5 heteroatoms. The highest BCUT2D eigenvalue weighted by Gasteiger charge is 2.24. The topological polar surface area (TPSA) is 9.72 Å². The molecule has 1 heterocycles. The summed E-state index contributed by atoms with van der Waals surface area (Å²) >= 11 is 9.85. The molecular formula is C21H19BrClN3. The maximum absolute atomic E-state index is 6.29. The standard InChI is InChI=1S/C21H19BrClN3/c22-17-11-18(23)13-21(12-17)26-15-24(19-7-3-1-4-8-19)14-25(16-26)20-9-5-2-6-10-20/h1-13H,14-16H2. The second kappa shape index (κ2) is 7.60. The van der Waals surface area contributed by atoms with Crippen LogP contribution in [0.3, 0.4) is 0 Å². The van der Waals surface area contributed by atoms with E-state index in [4.69, 9.17) is 11.6 Å². The molecule has 3 aromatic rings. The number of benzene rings is 3. The van der Waals surface area contributed by atoms with Crippen LogP contribution in [0.1, 0.15) is 0 Å². The molecule has 0 amide bonds. The van der Waals surface area contributed by atoms with E-state index >= 15 is 0 Å². The van der Waals surface area contributed by atoms with Crippen molar-refractivity contribution >= 4 is 44.6 Å². The summed E-state index contributed by atoms with van der Waals surface area (Å²) in [6, 6.07) is 27.1. The molecule has 1 fully saturated rings. The fourth-order valence-corrected chi connectivity index (χ4v) is 4.08. The van der Waals surface area contributed by atoms with Gasteiger partial charge >= 0.3 is 0 Å². The minimum atomic E-state index is 0.734. The van der Waals surface area contributed by atoms with Crippen LogP contribution in [0, 0.1) is 0 Å². The summed E-state index contributed by atoms with van der Waals surface area (Å²) in [5.41, 5.74) is 3.52. The van der Waals surface area contributed by atoms with E-state index in [1.807, 2.05) is 24.3 Å². The highest BCUT2D eigenvalue weighted by molar-refractivity contribution is 9.10. The van der Waals surface area contributed by atoms with Gasteiger partial charge in [-0.1, -0.05) is 63.9 Å². The van der Waals surface area contributed by atoms with E-state index in [2.05, 4.69) is 85.2 Å². The van der Waals surface area contributed by atoms with E-state index in [-0.39, 0.29) is 0 Å². The van der Waals surface area contributed by atoms with Crippen LogP contribution in [-0.4, -0.2) is 20.0 Å². The quantitative estimate of drug-likeness (QED) is 0.521. The van der Waals surface area contributed by atoms with Crippen molar-refractivity contribution in [2.24, 2.45) is 0 Å². The number of anilines is 3. The smallest absolute Gasteiger partial charge is 0.0937 e. The van der Waals surface area contributed by atoms with E-state index in [0.717, 1.165) is 35.2 Å². The molecule has 0 radical (unpaired) electrons. The maximum Gasteiger partial charge on any atom is 0.0937 e. The van der Waals surface area contributed by atoms with Gasteiger partial charge in [0.2, 0.25) is 0 Å². The summed E-state index contributed by atoms with van der Waals surface area (Å²) in [6.45, 7) is 2.45. The van der Waals surface area contributed by atoms with Gasteiger partial charge in [0.1, 0.15) is 0 Å². The molecule has 132 valence electrons. The monoisotopic (exact) mass is 427 g/mol. The second-order valence-corrected chi connectivity index (χ2v) is 7.69. The molecule has 4 rings (SSSR count). The van der Waals surface area contributed by atoms with Crippen LogP contribution in [0.4, 0.5) is 17.1 Å². The van der Waals surface area contributed by atoms with Crippen molar-refractivity contribution in [1.29, 1.82) is 0 Å². The van der Waals surface area contributed by atoms with Crippen LogP contribution >= 0.6 is 27.5 Å². The van der Waals surface area contributed by atoms with Gasteiger partial charge in [0.05, 0.1) is 20.0 Å². The Morgan fingerprint density at radius 3 is 1.54 bits per heavy atom. The lowest BCUT2D eigenvalue weighted by atomic mass is 10.2. The summed E-state index contributed by atoms with van der Waals surface area (Å²) in [6.07, 6.45) is 0. The fourth-order valence-electron chi connectivity index (χ4n) is 3.24. The highest BCUT2D eigenvalue weighted by Crippen LogP contribution is 2.30. The average Bonchev–Trinajstić information content (AvgIpc) is 2.68. The molecule has 0 aromatic heterocycles. The minimum absolute atomic E-state index is 0.734. The van der Waals surface area contributed by atoms with Gasteiger partial charge in [-0.2, -0.15) is 0 Å². The molecular weight excluding hydrogens is 410 g/mol. The number of para-hydroxylation sites is 2. The molecule has 1 aliphatic heterocycles. The number of halogens is 2. The predicted molar refractivity (Wildman–Crippen MR) is 114 cm³/mol. The fraction of sp³-hybridized carbons (Fsp3) is 0.143. The molecule has 0 N–H and O–H groups in total. The first-order chi connectivity index (χ1) is 12.7. The largest absolute Gasteiger partial charge is 0.336 e. The SMILES string of the molecule is Clc1cc(Br)cc(N2CN(c3ccccc3)CN(c3ccccc3)C2)c1. The Labute approximate surface area is 167 Å². The average molecular weight is 429 g/mol. The van der Waals surface area contributed by atoms with Crippen LogP contribution < -0.4 is 14.7 Å². The Morgan fingerprint density at radius 1 is 0.615 bits per heavy atom. The lowest BCUT2D eigenvalue weighted by Gasteiger charge is -2.45. The second-order valence-electron chi connectivity index (χ2n) is 6.34. The zero-order chi connectivity index (χ0) is 17.9. The Morgan fingerprint density at radius 2 is 1.08 bits per heavy atom. The van der Waals surface area contributed by atoms with Crippen molar-refractivity contribution in [2.75, 3.05) is 34.7 Å².